The minimum Gasteiger partial charge on any atom is -0.333 e. The lowest BCUT2D eigenvalue weighted by molar-refractivity contribution is -0.133. The molecule has 0 radical (unpaired) electrons. The zero-order valence-electron chi connectivity index (χ0n) is 14.5. The Morgan fingerprint density at radius 2 is 2.26 bits per heavy atom. The van der Waals surface area contributed by atoms with Crippen molar-refractivity contribution in [3.63, 3.8) is 0 Å². The monoisotopic (exact) mass is 425 g/mol. The molecule has 1 fully saturated rings. The number of hydrogen-bond acceptors (Lipinski definition) is 6. The van der Waals surface area contributed by atoms with Gasteiger partial charge in [0.1, 0.15) is 6.54 Å². The van der Waals surface area contributed by atoms with Crippen LogP contribution in [0.4, 0.5) is 10.8 Å². The molecule has 0 saturated carbocycles. The van der Waals surface area contributed by atoms with Crippen LogP contribution in [0.1, 0.15) is 23.3 Å². The summed E-state index contributed by atoms with van der Waals surface area (Å²) in [7, 11) is 0. The summed E-state index contributed by atoms with van der Waals surface area (Å²) in [5, 5.41) is 8.53. The van der Waals surface area contributed by atoms with E-state index in [1.165, 1.54) is 22.5 Å². The molecule has 1 aliphatic rings. The Labute approximate surface area is 170 Å². The highest BCUT2D eigenvalue weighted by atomic mass is 35.5. The summed E-state index contributed by atoms with van der Waals surface area (Å²) in [5.41, 5.74) is 4.18. The van der Waals surface area contributed by atoms with E-state index >= 15 is 0 Å². The first-order valence-electron chi connectivity index (χ1n) is 8.21. The van der Waals surface area contributed by atoms with Gasteiger partial charge in [0.2, 0.25) is 5.91 Å². The molecule has 1 aromatic carbocycles. The zero-order chi connectivity index (χ0) is 19.4. The van der Waals surface area contributed by atoms with Crippen LogP contribution in [-0.2, 0) is 9.59 Å². The minimum absolute atomic E-state index is 0.00752. The third-order valence-electron chi connectivity index (χ3n) is 3.91. The van der Waals surface area contributed by atoms with Gasteiger partial charge in [0.25, 0.3) is 5.91 Å². The lowest BCUT2D eigenvalue weighted by Crippen LogP contribution is -2.35. The van der Waals surface area contributed by atoms with E-state index in [4.69, 9.17) is 23.2 Å². The Hall–Kier alpha value is -2.16. The molecule has 0 bridgehead atoms. The summed E-state index contributed by atoms with van der Waals surface area (Å²) in [6, 6.07) is 5.60. The van der Waals surface area contributed by atoms with Gasteiger partial charge in [0.05, 0.1) is 11.1 Å². The van der Waals surface area contributed by atoms with Crippen molar-refractivity contribution >= 4 is 63.4 Å². The van der Waals surface area contributed by atoms with E-state index in [0.717, 1.165) is 17.7 Å². The van der Waals surface area contributed by atoms with Crippen LogP contribution in [0.15, 0.2) is 23.3 Å². The molecule has 1 aromatic heterocycles. The number of benzene rings is 1. The van der Waals surface area contributed by atoms with Crippen molar-refractivity contribution in [2.45, 2.75) is 19.8 Å². The van der Waals surface area contributed by atoms with Gasteiger partial charge >= 0.3 is 0 Å². The number of anilines is 2. The van der Waals surface area contributed by atoms with E-state index in [1.807, 2.05) is 19.1 Å². The number of aromatic nitrogens is 1. The fourth-order valence-electron chi connectivity index (χ4n) is 2.48. The predicted molar refractivity (Wildman–Crippen MR) is 108 cm³/mol. The molecule has 0 aliphatic carbocycles. The van der Waals surface area contributed by atoms with Crippen LogP contribution in [0.2, 0.25) is 10.2 Å². The Morgan fingerprint density at radius 1 is 1.44 bits per heavy atom. The number of carbonyl (C=O) groups excluding carboxylic acids is 2. The summed E-state index contributed by atoms with van der Waals surface area (Å²) in [6.07, 6.45) is 2.71. The van der Waals surface area contributed by atoms with Gasteiger partial charge in [-0.2, -0.15) is 5.10 Å². The number of halogens is 2. The van der Waals surface area contributed by atoms with Crippen LogP contribution in [0, 0.1) is 6.92 Å². The molecule has 10 heteroatoms. The molecule has 0 spiro atoms. The number of rotatable bonds is 6. The molecule has 2 heterocycles. The lowest BCUT2D eigenvalue weighted by Gasteiger charge is -2.13. The fourth-order valence-corrected chi connectivity index (χ4v) is 3.71. The van der Waals surface area contributed by atoms with E-state index in [9.17, 15) is 9.59 Å². The normalized spacial score (nSPS) is 14.2. The van der Waals surface area contributed by atoms with Gasteiger partial charge in [-0.15, -0.1) is 0 Å². The van der Waals surface area contributed by atoms with Crippen LogP contribution in [-0.4, -0.2) is 41.0 Å². The van der Waals surface area contributed by atoms with Crippen molar-refractivity contribution in [1.29, 1.82) is 0 Å². The summed E-state index contributed by atoms with van der Waals surface area (Å²) in [6.45, 7) is 2.54. The van der Waals surface area contributed by atoms with Crippen molar-refractivity contribution in [2.24, 2.45) is 5.10 Å². The number of nitrogens with zero attached hydrogens (tertiary/aromatic N) is 3. The Bertz CT molecular complexity index is 899. The molecule has 2 N–H and O–H groups in total. The van der Waals surface area contributed by atoms with Crippen molar-refractivity contribution in [1.82, 2.24) is 15.3 Å². The molecule has 0 unspecified atom stereocenters. The van der Waals surface area contributed by atoms with Gasteiger partial charge in [0.15, 0.2) is 10.3 Å². The SMILES string of the molecule is Cc1ccc(Nc2nc(Cl)c(/C=N\NC(=O)CN3CCCC3=O)s2)cc1Cl. The van der Waals surface area contributed by atoms with E-state index in [-0.39, 0.29) is 23.5 Å². The van der Waals surface area contributed by atoms with Gasteiger partial charge in [-0.25, -0.2) is 10.4 Å². The Morgan fingerprint density at radius 3 is 2.96 bits per heavy atom. The molecule has 3 rings (SSSR count). The number of amides is 2. The third kappa shape index (κ3) is 5.18. The van der Waals surface area contributed by atoms with Crippen molar-refractivity contribution in [3.05, 3.63) is 38.8 Å². The molecular formula is C17H17Cl2N5O2S. The summed E-state index contributed by atoms with van der Waals surface area (Å²) < 4.78 is 0. The van der Waals surface area contributed by atoms with Crippen LogP contribution in [0.25, 0.3) is 0 Å². The smallest absolute Gasteiger partial charge is 0.259 e. The minimum atomic E-state index is -0.352. The van der Waals surface area contributed by atoms with Gasteiger partial charge in [-0.1, -0.05) is 40.6 Å². The second-order valence-corrected chi connectivity index (χ2v) is 7.77. The molecular weight excluding hydrogens is 409 g/mol. The van der Waals surface area contributed by atoms with Crippen molar-refractivity contribution < 1.29 is 9.59 Å². The Kier molecular flexibility index (Phi) is 6.30. The number of carbonyl (C=O) groups is 2. The molecule has 2 aromatic rings. The van der Waals surface area contributed by atoms with Crippen molar-refractivity contribution in [3.8, 4) is 0 Å². The van der Waals surface area contributed by atoms with E-state index in [0.29, 0.717) is 28.0 Å². The molecule has 1 saturated heterocycles. The molecule has 2 amide bonds. The van der Waals surface area contributed by atoms with Gasteiger partial charge < -0.3 is 10.2 Å². The van der Waals surface area contributed by atoms with Crippen LogP contribution < -0.4 is 10.7 Å². The second kappa shape index (κ2) is 8.69. The first kappa shape index (κ1) is 19.6. The number of aryl methyl sites for hydroxylation is 1. The maximum atomic E-state index is 11.8. The maximum Gasteiger partial charge on any atom is 0.259 e. The molecule has 142 valence electrons. The molecule has 27 heavy (non-hydrogen) atoms. The number of nitrogens with one attached hydrogen (secondary N) is 2. The predicted octanol–water partition coefficient (Wildman–Crippen LogP) is 3.57. The zero-order valence-corrected chi connectivity index (χ0v) is 16.8. The highest BCUT2D eigenvalue weighted by Crippen LogP contribution is 2.29. The number of likely N-dealkylation sites (tertiary alicyclic amines) is 1. The third-order valence-corrected chi connectivity index (χ3v) is 5.62. The van der Waals surface area contributed by atoms with E-state index in [2.05, 4.69) is 20.8 Å². The summed E-state index contributed by atoms with van der Waals surface area (Å²) >= 11 is 13.5. The highest BCUT2D eigenvalue weighted by molar-refractivity contribution is 7.17. The average molecular weight is 426 g/mol. The molecule has 7 nitrogen and oxygen atoms in total. The van der Waals surface area contributed by atoms with E-state index in [1.54, 1.807) is 6.07 Å². The molecule has 1 aliphatic heterocycles. The number of hydrogen-bond donors (Lipinski definition) is 2. The largest absolute Gasteiger partial charge is 0.333 e. The molecule has 0 atom stereocenters. The summed E-state index contributed by atoms with van der Waals surface area (Å²) in [4.78, 5) is 29.7. The first-order valence-corrected chi connectivity index (χ1v) is 9.79. The lowest BCUT2D eigenvalue weighted by atomic mass is 10.2. The Balaban J connectivity index is 1.57. The highest BCUT2D eigenvalue weighted by Gasteiger charge is 2.22. The van der Waals surface area contributed by atoms with Gasteiger partial charge in [-0.05, 0) is 31.0 Å². The first-order chi connectivity index (χ1) is 12.9. The second-order valence-electron chi connectivity index (χ2n) is 5.98. The average Bonchev–Trinajstić information content (AvgIpc) is 3.17. The van der Waals surface area contributed by atoms with E-state index < -0.39 is 0 Å². The maximum absolute atomic E-state index is 11.8. The van der Waals surface area contributed by atoms with Crippen molar-refractivity contribution in [2.75, 3.05) is 18.4 Å². The van der Waals surface area contributed by atoms with Crippen LogP contribution in [0.3, 0.4) is 0 Å². The van der Waals surface area contributed by atoms with Gasteiger partial charge in [-0.3, -0.25) is 9.59 Å². The quantitative estimate of drug-likeness (QED) is 0.546. The topological polar surface area (TPSA) is 86.7 Å². The van der Waals surface area contributed by atoms with Crippen LogP contribution >= 0.6 is 34.5 Å². The van der Waals surface area contributed by atoms with Gasteiger partial charge in [0, 0.05) is 23.7 Å². The van der Waals surface area contributed by atoms with Crippen LogP contribution in [0.5, 0.6) is 0 Å². The fraction of sp³-hybridized carbons (Fsp3) is 0.294. The number of hydrazone groups is 1. The standard InChI is InChI=1S/C17H17Cl2N5O2S/c1-10-4-5-11(7-12(10)18)21-17-22-16(19)13(27-17)8-20-23-14(25)9-24-6-2-3-15(24)26/h4-5,7-8H,2-3,6,9H2,1H3,(H,21,22)(H,23,25)/b20-8-. The number of thiazole rings is 1. The summed E-state index contributed by atoms with van der Waals surface area (Å²) in [5.74, 6) is -0.360.